The van der Waals surface area contributed by atoms with Crippen molar-refractivity contribution in [1.82, 2.24) is 0 Å². The van der Waals surface area contributed by atoms with Gasteiger partial charge in [0.2, 0.25) is 1.43 Å². The zero-order chi connectivity index (χ0) is 10.1. The van der Waals surface area contributed by atoms with Crippen molar-refractivity contribution < 1.29 is 15.0 Å². The minimum Gasteiger partial charge on any atom is -0.508 e. The molecule has 0 saturated heterocycles. The van der Waals surface area contributed by atoms with Crippen LogP contribution in [0.3, 0.4) is 0 Å². The summed E-state index contributed by atoms with van der Waals surface area (Å²) in [5.41, 5.74) is 1.33. The maximum atomic E-state index is 11.5. The molecule has 1 unspecified atom stereocenters. The third-order valence-electron chi connectivity index (χ3n) is 2.04. The molecular weight excluding hydrogens is 156 g/mol. The molecule has 62 valence electrons. The van der Waals surface area contributed by atoms with Gasteiger partial charge in [-0.15, -0.1) is 0 Å². The van der Waals surface area contributed by atoms with Crippen molar-refractivity contribution >= 4 is 5.78 Å². The molecular formula is C9H8O3. The fourth-order valence-electron chi connectivity index (χ4n) is 1.45. The zero-order valence-electron chi connectivity index (χ0n) is 8.24. The van der Waals surface area contributed by atoms with Crippen molar-refractivity contribution in [3.05, 3.63) is 29.3 Å². The molecule has 0 fully saturated rings. The van der Waals surface area contributed by atoms with Crippen LogP contribution in [0.25, 0.3) is 0 Å². The maximum absolute atomic E-state index is 11.5. The Morgan fingerprint density at radius 3 is 3.25 bits per heavy atom. The Bertz CT molecular complexity index is 378. The molecule has 0 saturated carbocycles. The number of Topliss-reactive ketones (excluding diaryl/α,β-unsaturated/α-hetero) is 1. The lowest BCUT2D eigenvalue weighted by Crippen LogP contribution is -2.13. The number of fused-ring (bicyclic) bond motifs is 1. The van der Waals surface area contributed by atoms with E-state index in [1.807, 2.05) is 0 Å². The number of phenols is 1. The Morgan fingerprint density at radius 1 is 1.58 bits per heavy atom. The summed E-state index contributed by atoms with van der Waals surface area (Å²) in [6.07, 6.45) is -0.319. The molecule has 0 radical (unpaired) electrons. The Morgan fingerprint density at radius 2 is 2.50 bits per heavy atom. The second-order valence-corrected chi connectivity index (χ2v) is 2.88. The molecule has 0 aliphatic heterocycles. The average Bonchev–Trinajstić information content (AvgIpc) is 2.55. The molecule has 12 heavy (non-hydrogen) atoms. The summed E-state index contributed by atoms with van der Waals surface area (Å²) >= 11 is 0. The fourth-order valence-corrected chi connectivity index (χ4v) is 1.45. The van der Waals surface area contributed by atoms with Crippen LogP contribution in [-0.2, 0) is 6.42 Å². The van der Waals surface area contributed by atoms with Gasteiger partial charge in [-0.2, -0.15) is 0 Å². The zero-order valence-corrected chi connectivity index (χ0v) is 6.24. The summed E-state index contributed by atoms with van der Waals surface area (Å²) in [4.78, 5) is 11.5. The normalized spacial score (nSPS) is 23.0. The van der Waals surface area contributed by atoms with E-state index in [9.17, 15) is 4.79 Å². The van der Waals surface area contributed by atoms with Crippen LogP contribution >= 0.6 is 0 Å². The van der Waals surface area contributed by atoms with Crippen LogP contribution in [0.4, 0.5) is 0 Å². The minimum atomic E-state index is -0.703. The van der Waals surface area contributed by atoms with Crippen molar-refractivity contribution in [2.75, 3.05) is 0 Å². The van der Waals surface area contributed by atoms with Crippen LogP contribution in [0.15, 0.2) is 18.2 Å². The lowest BCUT2D eigenvalue weighted by atomic mass is 10.1. The molecule has 3 nitrogen and oxygen atoms in total. The van der Waals surface area contributed by atoms with E-state index in [4.69, 9.17) is 2.86 Å². The highest BCUT2D eigenvalue weighted by atomic mass is 16.3. The number of benzene rings is 1. The molecule has 2 N–H and O–H groups in total. The monoisotopic (exact) mass is 166 g/mol. The second kappa shape index (κ2) is 2.32. The number of ketones is 1. The van der Waals surface area contributed by atoms with E-state index < -0.39 is 6.10 Å². The van der Waals surface area contributed by atoms with Crippen LogP contribution in [0, 0.1) is 0 Å². The summed E-state index contributed by atoms with van der Waals surface area (Å²) in [5, 5.41) is 8.59. The number of carbonyl (C=O) groups excluding carboxylic acids is 1. The van der Waals surface area contributed by atoms with E-state index in [0.29, 0.717) is 17.7 Å². The number of hydrogen-bond donors (Lipinski definition) is 2. The standard InChI is InChI=1S/C9H8O3/c10-6-1-2-7-5(3-6)4-8(11)9(7)12/h1-3,8,10-11H,4H2/i11D/hD. The fraction of sp³-hybridized carbons (Fsp3) is 0.222. The van der Waals surface area contributed by atoms with Gasteiger partial charge in [0.05, 0.1) is 0 Å². The van der Waals surface area contributed by atoms with Gasteiger partial charge in [0.1, 0.15) is 11.9 Å². The Balaban J connectivity index is 2.38. The van der Waals surface area contributed by atoms with Crippen molar-refractivity contribution in [1.29, 1.82) is 2.86 Å². The molecule has 1 aliphatic rings. The van der Waals surface area contributed by atoms with Crippen LogP contribution in [-0.4, -0.2) is 25.0 Å². The SMILES string of the molecule is [2H]Oc1ccc2c(c1)CC(O[2H])C2=O. The largest absolute Gasteiger partial charge is 0.508 e. The Kier molecular flexibility index (Phi) is 1.03. The summed E-state index contributed by atoms with van der Waals surface area (Å²) in [7, 11) is 0. The van der Waals surface area contributed by atoms with Gasteiger partial charge in [-0.3, -0.25) is 4.79 Å². The van der Waals surface area contributed by atoms with Gasteiger partial charge in [0, 0.05) is 12.0 Å². The quantitative estimate of drug-likeness (QED) is 0.672. The predicted octanol–water partition coefficient (Wildman–Crippen LogP) is 0.492. The van der Waals surface area contributed by atoms with Crippen molar-refractivity contribution in [2.45, 2.75) is 12.5 Å². The predicted molar refractivity (Wildman–Crippen MR) is 42.1 cm³/mol. The molecule has 0 spiro atoms. The maximum Gasteiger partial charge on any atom is 0.293 e. The minimum absolute atomic E-state index is 0.175. The third-order valence-corrected chi connectivity index (χ3v) is 2.04. The van der Waals surface area contributed by atoms with E-state index >= 15 is 0 Å². The molecule has 0 bridgehead atoms. The summed E-state index contributed by atoms with van der Waals surface area (Å²) in [6, 6.07) is 4.77. The highest BCUT2D eigenvalue weighted by Gasteiger charge is 2.28. The van der Waals surface area contributed by atoms with E-state index in [1.54, 1.807) is 18.2 Å². The molecule has 0 heterocycles. The topological polar surface area (TPSA) is 57.5 Å². The number of hydrogen-bond acceptors (Lipinski definition) is 3. The molecule has 0 aromatic heterocycles. The van der Waals surface area contributed by atoms with Gasteiger partial charge >= 0.3 is 0 Å². The van der Waals surface area contributed by atoms with Crippen LogP contribution in [0.5, 0.6) is 5.75 Å². The molecule has 1 aromatic rings. The van der Waals surface area contributed by atoms with Gasteiger partial charge in [-0.1, -0.05) is 0 Å². The van der Waals surface area contributed by atoms with Crippen molar-refractivity contribution in [3.8, 4) is 5.75 Å². The summed E-state index contributed by atoms with van der Waals surface area (Å²) in [6.45, 7) is 0. The first kappa shape index (κ1) is 5.32. The molecule has 2 rings (SSSR count). The van der Waals surface area contributed by atoms with Gasteiger partial charge < -0.3 is 10.2 Å². The Hall–Kier alpha value is -1.35. The van der Waals surface area contributed by atoms with Crippen LogP contribution < -0.4 is 0 Å². The van der Waals surface area contributed by atoms with Crippen molar-refractivity contribution in [3.63, 3.8) is 0 Å². The van der Waals surface area contributed by atoms with Gasteiger partial charge in [0.15, 0.2) is 5.78 Å². The molecule has 1 aromatic carbocycles. The summed E-state index contributed by atoms with van der Waals surface area (Å²) < 4.78 is 13.4. The van der Waals surface area contributed by atoms with E-state index in [1.165, 1.54) is 0 Å². The van der Waals surface area contributed by atoms with Gasteiger partial charge in [-0.25, -0.2) is 0 Å². The number of aromatic hydroxyl groups is 1. The number of rotatable bonds is 2. The lowest BCUT2D eigenvalue weighted by Gasteiger charge is -1.95. The summed E-state index contributed by atoms with van der Waals surface area (Å²) in [5.74, 6) is 0.216. The number of aliphatic hydroxyl groups is 1. The van der Waals surface area contributed by atoms with E-state index in [2.05, 4.69) is 10.2 Å². The number of aliphatic hydroxyl groups excluding tert-OH is 1. The first-order valence-corrected chi connectivity index (χ1v) is 3.68. The average molecular weight is 166 g/mol. The van der Waals surface area contributed by atoms with Crippen LogP contribution in [0.1, 0.15) is 15.9 Å². The lowest BCUT2D eigenvalue weighted by molar-refractivity contribution is 0.0780. The van der Waals surface area contributed by atoms with Crippen molar-refractivity contribution in [2.24, 2.45) is 0 Å². The second-order valence-electron chi connectivity index (χ2n) is 2.88. The third kappa shape index (κ3) is 0.905. The van der Waals surface area contributed by atoms with Gasteiger partial charge in [0.25, 0.3) is 1.43 Å². The van der Waals surface area contributed by atoms with Crippen LogP contribution in [0.2, 0.25) is 0 Å². The van der Waals surface area contributed by atoms with Gasteiger partial charge in [-0.05, 0) is 23.8 Å². The smallest absolute Gasteiger partial charge is 0.293 e. The molecule has 3 heteroatoms. The first-order valence-electron chi connectivity index (χ1n) is 4.50. The Labute approximate surface area is 72.3 Å². The molecule has 1 aliphatic carbocycles. The highest BCUT2D eigenvalue weighted by molar-refractivity contribution is 6.03. The van der Waals surface area contributed by atoms with E-state index in [0.717, 1.165) is 5.56 Å². The number of phenolic OH excluding ortho intramolecular Hbond substituents is 1. The number of carbonyl (C=O) groups is 1. The first-order chi connectivity index (χ1) is 6.76. The highest BCUT2D eigenvalue weighted by Crippen LogP contribution is 2.25. The molecule has 0 amide bonds. The van der Waals surface area contributed by atoms with E-state index in [-0.39, 0.29) is 5.78 Å². The molecule has 1 atom stereocenters.